The topological polar surface area (TPSA) is 81.7 Å². The van der Waals surface area contributed by atoms with Gasteiger partial charge in [-0.15, -0.1) is 0 Å². The van der Waals surface area contributed by atoms with Crippen molar-refractivity contribution in [3.05, 3.63) is 35.9 Å². The molecule has 2 rings (SSSR count). The zero-order valence-electron chi connectivity index (χ0n) is 10.00. The molecule has 2 heterocycles. The minimum atomic E-state index is 0.270. The fourth-order valence-electron chi connectivity index (χ4n) is 1.53. The van der Waals surface area contributed by atoms with Crippen molar-refractivity contribution in [1.29, 1.82) is 0 Å². The molecule has 0 saturated carbocycles. The van der Waals surface area contributed by atoms with E-state index in [0.717, 1.165) is 18.7 Å². The Labute approximate surface area is 110 Å². The van der Waals surface area contributed by atoms with Crippen LogP contribution in [-0.4, -0.2) is 31.3 Å². The fourth-order valence-corrected chi connectivity index (χ4v) is 1.64. The molecular weight excluding hydrogens is 248 g/mol. The SMILES string of the molecule is Cn1nccc1CCNc1nccc(C(N)=S)n1. The first kappa shape index (κ1) is 12.4. The highest BCUT2D eigenvalue weighted by molar-refractivity contribution is 7.80. The molecule has 0 aliphatic heterocycles. The van der Waals surface area contributed by atoms with Crippen LogP contribution in [0.5, 0.6) is 0 Å². The molecule has 94 valence electrons. The van der Waals surface area contributed by atoms with E-state index >= 15 is 0 Å². The van der Waals surface area contributed by atoms with Crippen LogP contribution >= 0.6 is 12.2 Å². The van der Waals surface area contributed by atoms with Crippen molar-refractivity contribution in [1.82, 2.24) is 19.7 Å². The fraction of sp³-hybridized carbons (Fsp3) is 0.273. The van der Waals surface area contributed by atoms with Gasteiger partial charge in [0.05, 0.1) is 0 Å². The average Bonchev–Trinajstić information content (AvgIpc) is 2.76. The lowest BCUT2D eigenvalue weighted by atomic mass is 10.3. The van der Waals surface area contributed by atoms with Crippen LogP contribution in [0.4, 0.5) is 5.95 Å². The molecule has 0 aliphatic rings. The quantitative estimate of drug-likeness (QED) is 0.764. The van der Waals surface area contributed by atoms with Crippen LogP contribution in [0, 0.1) is 0 Å². The Balaban J connectivity index is 1.92. The Morgan fingerprint density at radius 1 is 1.44 bits per heavy atom. The molecule has 6 nitrogen and oxygen atoms in total. The molecule has 0 fully saturated rings. The lowest BCUT2D eigenvalue weighted by molar-refractivity contribution is 0.710. The van der Waals surface area contributed by atoms with Gasteiger partial charge in [-0.2, -0.15) is 5.10 Å². The highest BCUT2D eigenvalue weighted by Crippen LogP contribution is 2.02. The summed E-state index contributed by atoms with van der Waals surface area (Å²) < 4.78 is 1.84. The van der Waals surface area contributed by atoms with E-state index in [1.165, 1.54) is 0 Å². The number of aryl methyl sites for hydroxylation is 1. The standard InChI is InChI=1S/C11H14N6S/c1-17-8(3-7-15-17)2-5-13-11-14-6-4-9(16-11)10(12)18/h3-4,6-7H,2,5H2,1H3,(H2,12,18)(H,13,14,16). The van der Waals surface area contributed by atoms with Crippen molar-refractivity contribution >= 4 is 23.2 Å². The molecule has 18 heavy (non-hydrogen) atoms. The van der Waals surface area contributed by atoms with Crippen molar-refractivity contribution < 1.29 is 0 Å². The number of rotatable bonds is 5. The number of hydrogen-bond acceptors (Lipinski definition) is 5. The van der Waals surface area contributed by atoms with Crippen LogP contribution in [0.1, 0.15) is 11.4 Å². The summed E-state index contributed by atoms with van der Waals surface area (Å²) in [6.45, 7) is 0.723. The maximum atomic E-state index is 5.51. The van der Waals surface area contributed by atoms with Gasteiger partial charge in [-0.3, -0.25) is 4.68 Å². The highest BCUT2D eigenvalue weighted by Gasteiger charge is 2.02. The van der Waals surface area contributed by atoms with E-state index in [1.807, 2.05) is 17.8 Å². The number of nitrogens with zero attached hydrogens (tertiary/aromatic N) is 4. The summed E-state index contributed by atoms with van der Waals surface area (Å²) in [5.41, 5.74) is 7.23. The molecular formula is C11H14N6S. The monoisotopic (exact) mass is 262 g/mol. The first-order chi connectivity index (χ1) is 8.66. The summed E-state index contributed by atoms with van der Waals surface area (Å²) in [5.74, 6) is 0.530. The highest BCUT2D eigenvalue weighted by atomic mass is 32.1. The third-order valence-electron chi connectivity index (χ3n) is 2.49. The minimum Gasteiger partial charge on any atom is -0.388 e. The first-order valence-corrected chi connectivity index (χ1v) is 5.91. The summed E-state index contributed by atoms with van der Waals surface area (Å²) in [7, 11) is 1.92. The third kappa shape index (κ3) is 3.01. The summed E-state index contributed by atoms with van der Waals surface area (Å²) in [5, 5.41) is 7.23. The van der Waals surface area contributed by atoms with E-state index in [2.05, 4.69) is 20.4 Å². The zero-order valence-corrected chi connectivity index (χ0v) is 10.8. The van der Waals surface area contributed by atoms with Gasteiger partial charge in [0.25, 0.3) is 0 Å². The van der Waals surface area contributed by atoms with Crippen LogP contribution in [0.25, 0.3) is 0 Å². The molecule has 0 unspecified atom stereocenters. The number of anilines is 1. The number of nitrogens with two attached hydrogens (primary N) is 1. The van der Waals surface area contributed by atoms with Crippen LogP contribution in [-0.2, 0) is 13.5 Å². The maximum Gasteiger partial charge on any atom is 0.223 e. The molecule has 0 radical (unpaired) electrons. The number of hydrogen-bond donors (Lipinski definition) is 2. The molecule has 0 aliphatic carbocycles. The van der Waals surface area contributed by atoms with Crippen LogP contribution in [0.15, 0.2) is 24.5 Å². The lowest BCUT2D eigenvalue weighted by Gasteiger charge is -2.06. The lowest BCUT2D eigenvalue weighted by Crippen LogP contribution is -2.15. The second-order valence-corrected chi connectivity index (χ2v) is 4.19. The van der Waals surface area contributed by atoms with Gasteiger partial charge in [0.15, 0.2) is 0 Å². The van der Waals surface area contributed by atoms with Gasteiger partial charge in [0.1, 0.15) is 10.7 Å². The van der Waals surface area contributed by atoms with E-state index in [-0.39, 0.29) is 4.99 Å². The molecule has 2 aromatic heterocycles. The van der Waals surface area contributed by atoms with Gasteiger partial charge < -0.3 is 11.1 Å². The normalized spacial score (nSPS) is 10.3. The van der Waals surface area contributed by atoms with Crippen LogP contribution in [0.3, 0.4) is 0 Å². The van der Waals surface area contributed by atoms with Crippen molar-refractivity contribution in [2.45, 2.75) is 6.42 Å². The predicted octanol–water partition coefficient (Wildman–Crippen LogP) is 0.499. The summed E-state index contributed by atoms with van der Waals surface area (Å²) in [6.07, 6.45) is 4.25. The first-order valence-electron chi connectivity index (χ1n) is 5.50. The maximum absolute atomic E-state index is 5.51. The van der Waals surface area contributed by atoms with Crippen molar-refractivity contribution in [3.8, 4) is 0 Å². The minimum absolute atomic E-state index is 0.270. The average molecular weight is 262 g/mol. The van der Waals surface area contributed by atoms with Crippen LogP contribution < -0.4 is 11.1 Å². The Morgan fingerprint density at radius 2 is 2.28 bits per heavy atom. The Morgan fingerprint density at radius 3 is 2.94 bits per heavy atom. The Bertz CT molecular complexity index is 550. The Kier molecular flexibility index (Phi) is 3.83. The summed E-state index contributed by atoms with van der Waals surface area (Å²) in [6, 6.07) is 3.67. The van der Waals surface area contributed by atoms with Gasteiger partial charge in [-0.1, -0.05) is 12.2 Å². The van der Waals surface area contributed by atoms with Crippen LogP contribution in [0.2, 0.25) is 0 Å². The van der Waals surface area contributed by atoms with E-state index < -0.39 is 0 Å². The predicted molar refractivity (Wildman–Crippen MR) is 73.3 cm³/mol. The Hall–Kier alpha value is -2.02. The molecule has 3 N–H and O–H groups in total. The third-order valence-corrected chi connectivity index (χ3v) is 2.70. The second kappa shape index (κ2) is 5.54. The van der Waals surface area contributed by atoms with Gasteiger partial charge >= 0.3 is 0 Å². The van der Waals surface area contributed by atoms with Crippen molar-refractivity contribution in [2.75, 3.05) is 11.9 Å². The number of nitrogens with one attached hydrogen (secondary N) is 1. The van der Waals surface area contributed by atoms with E-state index in [0.29, 0.717) is 11.6 Å². The molecule has 0 spiro atoms. The molecule has 0 bridgehead atoms. The molecule has 0 atom stereocenters. The number of thiocarbonyl (C=S) groups is 1. The molecule has 0 aromatic carbocycles. The molecule has 7 heteroatoms. The van der Waals surface area contributed by atoms with Crippen molar-refractivity contribution in [3.63, 3.8) is 0 Å². The second-order valence-electron chi connectivity index (χ2n) is 3.75. The summed E-state index contributed by atoms with van der Waals surface area (Å²) in [4.78, 5) is 8.58. The molecule has 2 aromatic rings. The summed E-state index contributed by atoms with van der Waals surface area (Å²) >= 11 is 4.86. The molecule has 0 amide bonds. The van der Waals surface area contributed by atoms with Gasteiger partial charge in [-0.05, 0) is 12.1 Å². The number of aromatic nitrogens is 4. The molecule has 0 saturated heterocycles. The smallest absolute Gasteiger partial charge is 0.223 e. The van der Waals surface area contributed by atoms with E-state index in [9.17, 15) is 0 Å². The van der Waals surface area contributed by atoms with Gasteiger partial charge in [0, 0.05) is 38.1 Å². The van der Waals surface area contributed by atoms with E-state index in [1.54, 1.807) is 18.5 Å². The zero-order chi connectivity index (χ0) is 13.0. The van der Waals surface area contributed by atoms with Gasteiger partial charge in [0.2, 0.25) is 5.95 Å². The van der Waals surface area contributed by atoms with E-state index in [4.69, 9.17) is 18.0 Å². The van der Waals surface area contributed by atoms with Crippen molar-refractivity contribution in [2.24, 2.45) is 12.8 Å². The van der Waals surface area contributed by atoms with Gasteiger partial charge in [-0.25, -0.2) is 9.97 Å². The largest absolute Gasteiger partial charge is 0.388 e.